The van der Waals surface area contributed by atoms with E-state index in [2.05, 4.69) is 11.3 Å². The van der Waals surface area contributed by atoms with Gasteiger partial charge in [0.25, 0.3) is 0 Å². The molecule has 0 fully saturated rings. The summed E-state index contributed by atoms with van der Waals surface area (Å²) in [5.41, 5.74) is 1.98. The van der Waals surface area contributed by atoms with E-state index < -0.39 is 0 Å². The molecule has 8 heteroatoms. The van der Waals surface area contributed by atoms with Crippen LogP contribution in [0.5, 0.6) is 5.75 Å². The van der Waals surface area contributed by atoms with Crippen LogP contribution >= 0.6 is 23.2 Å². The fraction of sp³-hybridized carbons (Fsp3) is 0.273. The van der Waals surface area contributed by atoms with Crippen molar-refractivity contribution in [3.63, 3.8) is 0 Å². The van der Waals surface area contributed by atoms with Crippen molar-refractivity contribution in [2.45, 2.75) is 26.9 Å². The molecule has 0 aromatic heterocycles. The number of rotatable bonds is 7. The Kier molecular flexibility index (Phi) is 11.0. The number of hydrogen-bond donors (Lipinski definition) is 1. The molecule has 30 heavy (non-hydrogen) atoms. The van der Waals surface area contributed by atoms with Crippen molar-refractivity contribution in [2.75, 3.05) is 13.7 Å². The summed E-state index contributed by atoms with van der Waals surface area (Å²) in [7, 11) is 1.48. The molecular formula is C22H26Cl2N2O4. The number of nitrogens with zero attached hydrogens (tertiary/aromatic N) is 1. The van der Waals surface area contributed by atoms with Crippen molar-refractivity contribution >= 4 is 35.1 Å². The minimum absolute atomic E-state index is 0.0243. The molecule has 0 atom stereocenters. The van der Waals surface area contributed by atoms with Gasteiger partial charge in [-0.2, -0.15) is 0 Å². The van der Waals surface area contributed by atoms with Crippen molar-refractivity contribution in [3.05, 3.63) is 75.8 Å². The summed E-state index contributed by atoms with van der Waals surface area (Å²) in [6, 6.07) is 12.9. The molecule has 0 aliphatic carbocycles. The highest BCUT2D eigenvalue weighted by molar-refractivity contribution is 6.35. The monoisotopic (exact) mass is 452 g/mol. The molecule has 0 aliphatic rings. The van der Waals surface area contributed by atoms with Crippen LogP contribution < -0.4 is 10.6 Å². The van der Waals surface area contributed by atoms with E-state index in [-0.39, 0.29) is 18.3 Å². The second kappa shape index (κ2) is 12.9. The molecule has 2 aromatic rings. The summed E-state index contributed by atoms with van der Waals surface area (Å²) in [5.74, 6) is 5.27. The van der Waals surface area contributed by atoms with Gasteiger partial charge in [-0.1, -0.05) is 60.1 Å². The molecular weight excluding hydrogens is 427 g/mol. The van der Waals surface area contributed by atoms with E-state index in [9.17, 15) is 9.59 Å². The molecule has 2 aromatic carbocycles. The van der Waals surface area contributed by atoms with Gasteiger partial charge in [-0.05, 0) is 31.5 Å². The van der Waals surface area contributed by atoms with Crippen molar-refractivity contribution < 1.29 is 19.1 Å². The summed E-state index contributed by atoms with van der Waals surface area (Å²) >= 11 is 12.4. The van der Waals surface area contributed by atoms with E-state index >= 15 is 0 Å². The Morgan fingerprint density at radius 2 is 1.70 bits per heavy atom. The minimum Gasteiger partial charge on any atom is -0.487 e. The Morgan fingerprint density at radius 3 is 2.20 bits per heavy atom. The number of carbonyl (C=O) groups is 2. The Labute approximate surface area is 187 Å². The maximum absolute atomic E-state index is 11.8. The number of hydrazine groups is 1. The summed E-state index contributed by atoms with van der Waals surface area (Å²) in [6.45, 7) is 7.54. The lowest BCUT2D eigenvalue weighted by Crippen LogP contribution is -2.34. The Bertz CT molecular complexity index is 871. The maximum atomic E-state index is 11.8. The number of amides is 1. The first-order chi connectivity index (χ1) is 14.2. The lowest BCUT2D eigenvalue weighted by Gasteiger charge is -2.16. The summed E-state index contributed by atoms with van der Waals surface area (Å²) in [4.78, 5) is 22.3. The minimum atomic E-state index is -0.312. The first-order valence-corrected chi connectivity index (χ1v) is 9.90. The molecule has 2 N–H and O–H groups in total. The van der Waals surface area contributed by atoms with Gasteiger partial charge in [0, 0.05) is 23.2 Å². The second-order valence-electron chi connectivity index (χ2n) is 6.29. The number of hydrogen-bond acceptors (Lipinski definition) is 5. The van der Waals surface area contributed by atoms with Crippen LogP contribution in [0.4, 0.5) is 0 Å². The molecule has 0 aliphatic heterocycles. The standard InChI is InChI=1S/C16H16Cl2N2O2.C6H10O2/c1-20(19)15(21)9-12-13(17)7-8-14(18)16(12)22-10-11-5-3-2-4-6-11;1-4-8-6(7)5(2)3/h2-8H,9-10,19H2,1H3;2,4H2,1,3H3. The van der Waals surface area contributed by atoms with Crippen LogP contribution in [0.1, 0.15) is 25.0 Å². The van der Waals surface area contributed by atoms with Crippen LogP contribution in [-0.4, -0.2) is 30.5 Å². The number of ether oxygens (including phenoxy) is 2. The number of likely N-dealkylation sites (N-methyl/N-ethyl adjacent to an activating group) is 1. The van der Waals surface area contributed by atoms with Crippen molar-refractivity contribution in [2.24, 2.45) is 5.84 Å². The number of esters is 1. The van der Waals surface area contributed by atoms with Gasteiger partial charge in [0.05, 0.1) is 18.1 Å². The lowest BCUT2D eigenvalue weighted by atomic mass is 10.1. The SMILES string of the molecule is C=C(C)C(=O)OCC.CN(N)C(=O)Cc1c(Cl)ccc(Cl)c1OCc1ccccc1. The van der Waals surface area contributed by atoms with Crippen molar-refractivity contribution in [3.8, 4) is 5.75 Å². The van der Waals surface area contributed by atoms with Crippen LogP contribution in [0.3, 0.4) is 0 Å². The van der Waals surface area contributed by atoms with Gasteiger partial charge >= 0.3 is 5.97 Å². The molecule has 0 saturated heterocycles. The van der Waals surface area contributed by atoms with E-state index in [1.165, 1.54) is 7.05 Å². The highest BCUT2D eigenvalue weighted by Crippen LogP contribution is 2.35. The number of benzene rings is 2. The van der Waals surface area contributed by atoms with Gasteiger partial charge in [0.1, 0.15) is 12.4 Å². The Balaban J connectivity index is 0.000000479. The quantitative estimate of drug-likeness (QED) is 0.218. The summed E-state index contributed by atoms with van der Waals surface area (Å²) in [5, 5.41) is 1.84. The van der Waals surface area contributed by atoms with Crippen molar-refractivity contribution in [1.82, 2.24) is 5.01 Å². The molecule has 0 heterocycles. The average molecular weight is 453 g/mol. The first-order valence-electron chi connectivity index (χ1n) is 9.14. The fourth-order valence-corrected chi connectivity index (χ4v) is 2.60. The van der Waals surface area contributed by atoms with E-state index in [0.717, 1.165) is 10.6 Å². The zero-order chi connectivity index (χ0) is 22.7. The van der Waals surface area contributed by atoms with Crippen LogP contribution in [0.25, 0.3) is 0 Å². The predicted molar refractivity (Wildman–Crippen MR) is 119 cm³/mol. The predicted octanol–water partition coefficient (Wildman–Crippen LogP) is 4.57. The molecule has 162 valence electrons. The van der Waals surface area contributed by atoms with Gasteiger partial charge in [-0.25, -0.2) is 10.6 Å². The molecule has 0 bridgehead atoms. The van der Waals surface area contributed by atoms with Gasteiger partial charge in [-0.3, -0.25) is 9.80 Å². The van der Waals surface area contributed by atoms with E-state index in [0.29, 0.717) is 40.1 Å². The topological polar surface area (TPSA) is 81.9 Å². The van der Waals surface area contributed by atoms with Gasteiger partial charge in [0.15, 0.2) is 0 Å². The zero-order valence-electron chi connectivity index (χ0n) is 17.3. The highest BCUT2D eigenvalue weighted by Gasteiger charge is 2.17. The lowest BCUT2D eigenvalue weighted by molar-refractivity contribution is -0.138. The van der Waals surface area contributed by atoms with Crippen LogP contribution in [0.2, 0.25) is 10.0 Å². The van der Waals surface area contributed by atoms with Crippen LogP contribution in [0, 0.1) is 0 Å². The normalized spacial score (nSPS) is 9.80. The maximum Gasteiger partial charge on any atom is 0.333 e. The van der Waals surface area contributed by atoms with Crippen molar-refractivity contribution in [1.29, 1.82) is 0 Å². The van der Waals surface area contributed by atoms with E-state index in [1.807, 2.05) is 30.3 Å². The second-order valence-corrected chi connectivity index (χ2v) is 7.11. The van der Waals surface area contributed by atoms with Gasteiger partial charge in [-0.15, -0.1) is 0 Å². The van der Waals surface area contributed by atoms with E-state index in [1.54, 1.807) is 26.0 Å². The zero-order valence-corrected chi connectivity index (χ0v) is 18.8. The first kappa shape index (κ1) is 25.5. The molecule has 1 amide bonds. The van der Waals surface area contributed by atoms with Crippen LogP contribution in [-0.2, 0) is 27.4 Å². The molecule has 0 unspecified atom stereocenters. The summed E-state index contributed by atoms with van der Waals surface area (Å²) < 4.78 is 10.4. The molecule has 2 rings (SSSR count). The van der Waals surface area contributed by atoms with Gasteiger partial charge in [0.2, 0.25) is 5.91 Å². The Hall–Kier alpha value is -2.54. The largest absolute Gasteiger partial charge is 0.487 e. The molecule has 0 radical (unpaired) electrons. The summed E-state index contributed by atoms with van der Waals surface area (Å²) in [6.07, 6.45) is 0.0243. The third-order valence-electron chi connectivity index (χ3n) is 3.73. The Morgan fingerprint density at radius 1 is 1.10 bits per heavy atom. The number of halogens is 2. The number of carbonyl (C=O) groups excluding carboxylic acids is 2. The third-order valence-corrected chi connectivity index (χ3v) is 4.38. The average Bonchev–Trinajstić information content (AvgIpc) is 2.71. The smallest absolute Gasteiger partial charge is 0.333 e. The molecule has 0 spiro atoms. The third kappa shape index (κ3) is 8.45. The molecule has 6 nitrogen and oxygen atoms in total. The van der Waals surface area contributed by atoms with Gasteiger partial charge < -0.3 is 9.47 Å². The number of nitrogens with two attached hydrogens (primary N) is 1. The molecule has 0 saturated carbocycles. The van der Waals surface area contributed by atoms with E-state index in [4.69, 9.17) is 33.8 Å². The highest BCUT2D eigenvalue weighted by atomic mass is 35.5. The fourth-order valence-electron chi connectivity index (χ4n) is 2.16. The van der Waals surface area contributed by atoms with Crippen LogP contribution in [0.15, 0.2) is 54.6 Å².